The number of pyridine rings is 1. The topological polar surface area (TPSA) is 53.7 Å². The Hall–Kier alpha value is -2.89. The van der Waals surface area contributed by atoms with E-state index in [2.05, 4.69) is 27.8 Å². The van der Waals surface area contributed by atoms with E-state index in [0.717, 1.165) is 36.4 Å². The lowest BCUT2D eigenvalue weighted by Gasteiger charge is -2.33. The molecule has 1 atom stereocenters. The molecule has 0 unspecified atom stereocenters. The second-order valence-electron chi connectivity index (χ2n) is 7.02. The normalized spacial score (nSPS) is 17.5. The number of hydrogen-bond acceptors (Lipinski definition) is 4. The van der Waals surface area contributed by atoms with E-state index in [9.17, 15) is 4.79 Å². The highest BCUT2D eigenvalue weighted by Gasteiger charge is 2.27. The number of carbonyl (C=O) groups is 1. The molecule has 0 aliphatic carbocycles. The van der Waals surface area contributed by atoms with E-state index in [-0.39, 0.29) is 11.8 Å². The molecule has 0 N–H and O–H groups in total. The monoisotopic (exact) mass is 349 g/mol. The fourth-order valence-electron chi connectivity index (χ4n) is 3.65. The molecule has 3 aromatic heterocycles. The number of piperidine rings is 1. The summed E-state index contributed by atoms with van der Waals surface area (Å²) in [5, 5.41) is 0. The minimum Gasteiger partial charge on any atom is -0.361 e. The van der Waals surface area contributed by atoms with E-state index in [1.54, 1.807) is 18.5 Å². The Morgan fingerprint density at radius 2 is 2.15 bits per heavy atom. The van der Waals surface area contributed by atoms with Crippen LogP contribution in [0, 0.1) is 0 Å². The van der Waals surface area contributed by atoms with Gasteiger partial charge >= 0.3 is 0 Å². The third kappa shape index (κ3) is 3.03. The SMILES string of the molecule is CN(C)c1nc([C@H]2CCCN(C(=O)c3cccnc3)C2)cn2cccc12. The fourth-order valence-corrected chi connectivity index (χ4v) is 3.65. The molecule has 0 bridgehead atoms. The van der Waals surface area contributed by atoms with E-state index in [4.69, 9.17) is 4.98 Å². The molecule has 4 heterocycles. The van der Waals surface area contributed by atoms with Gasteiger partial charge in [-0.05, 0) is 37.1 Å². The summed E-state index contributed by atoms with van der Waals surface area (Å²) in [5.41, 5.74) is 2.79. The molecule has 1 fully saturated rings. The third-order valence-electron chi connectivity index (χ3n) is 4.97. The summed E-state index contributed by atoms with van der Waals surface area (Å²) in [4.78, 5) is 25.7. The summed E-state index contributed by atoms with van der Waals surface area (Å²) in [6.45, 7) is 1.48. The van der Waals surface area contributed by atoms with Gasteiger partial charge in [0.1, 0.15) is 0 Å². The number of nitrogens with zero attached hydrogens (tertiary/aromatic N) is 5. The highest BCUT2D eigenvalue weighted by molar-refractivity contribution is 5.94. The minimum absolute atomic E-state index is 0.0534. The number of likely N-dealkylation sites (tertiary alicyclic amines) is 1. The van der Waals surface area contributed by atoms with Crippen LogP contribution >= 0.6 is 0 Å². The lowest BCUT2D eigenvalue weighted by atomic mass is 9.94. The highest BCUT2D eigenvalue weighted by Crippen LogP contribution is 2.29. The Morgan fingerprint density at radius 3 is 2.92 bits per heavy atom. The van der Waals surface area contributed by atoms with Gasteiger partial charge in [-0.15, -0.1) is 0 Å². The molecule has 1 aliphatic heterocycles. The molecule has 0 spiro atoms. The first-order valence-corrected chi connectivity index (χ1v) is 8.98. The first-order chi connectivity index (χ1) is 12.6. The van der Waals surface area contributed by atoms with Crippen molar-refractivity contribution in [1.82, 2.24) is 19.3 Å². The van der Waals surface area contributed by atoms with Gasteiger partial charge in [0, 0.05) is 57.9 Å². The van der Waals surface area contributed by atoms with E-state index in [1.807, 2.05) is 36.0 Å². The zero-order valence-electron chi connectivity index (χ0n) is 15.2. The molecule has 0 radical (unpaired) electrons. The molecule has 4 rings (SSSR count). The van der Waals surface area contributed by atoms with Crippen LogP contribution in [0.4, 0.5) is 5.82 Å². The van der Waals surface area contributed by atoms with E-state index in [0.29, 0.717) is 12.1 Å². The lowest BCUT2D eigenvalue weighted by Crippen LogP contribution is -2.39. The van der Waals surface area contributed by atoms with Gasteiger partial charge in [0.15, 0.2) is 5.82 Å². The van der Waals surface area contributed by atoms with Crippen LogP contribution in [0.1, 0.15) is 34.8 Å². The van der Waals surface area contributed by atoms with E-state index < -0.39 is 0 Å². The van der Waals surface area contributed by atoms with Crippen LogP contribution in [0.15, 0.2) is 49.1 Å². The van der Waals surface area contributed by atoms with Crippen LogP contribution in [-0.2, 0) is 0 Å². The van der Waals surface area contributed by atoms with Crippen molar-refractivity contribution in [3.8, 4) is 0 Å². The number of rotatable bonds is 3. The predicted octanol–water partition coefficient (Wildman–Crippen LogP) is 2.82. The predicted molar refractivity (Wildman–Crippen MR) is 102 cm³/mol. The molecule has 134 valence electrons. The third-order valence-corrected chi connectivity index (χ3v) is 4.97. The molecular formula is C20H23N5O. The van der Waals surface area contributed by atoms with Crippen LogP contribution < -0.4 is 4.90 Å². The van der Waals surface area contributed by atoms with Crippen molar-refractivity contribution in [3.05, 3.63) is 60.3 Å². The van der Waals surface area contributed by atoms with Gasteiger partial charge in [0.2, 0.25) is 0 Å². The molecule has 26 heavy (non-hydrogen) atoms. The number of fused-ring (bicyclic) bond motifs is 1. The molecule has 1 amide bonds. The number of hydrogen-bond donors (Lipinski definition) is 0. The summed E-state index contributed by atoms with van der Waals surface area (Å²) >= 11 is 0. The highest BCUT2D eigenvalue weighted by atomic mass is 16.2. The first-order valence-electron chi connectivity index (χ1n) is 8.98. The Labute approximate surface area is 153 Å². The maximum atomic E-state index is 12.8. The van der Waals surface area contributed by atoms with Gasteiger partial charge in [-0.25, -0.2) is 4.98 Å². The van der Waals surface area contributed by atoms with E-state index >= 15 is 0 Å². The average Bonchev–Trinajstić information content (AvgIpc) is 3.16. The molecule has 1 aliphatic rings. The Bertz CT molecular complexity index is 918. The van der Waals surface area contributed by atoms with Crippen molar-refractivity contribution in [1.29, 1.82) is 0 Å². The van der Waals surface area contributed by atoms with Crippen LogP contribution in [0.25, 0.3) is 5.52 Å². The fraction of sp³-hybridized carbons (Fsp3) is 0.350. The van der Waals surface area contributed by atoms with Gasteiger partial charge < -0.3 is 14.2 Å². The van der Waals surface area contributed by atoms with Gasteiger partial charge in [0.25, 0.3) is 5.91 Å². The molecule has 0 aromatic carbocycles. The maximum absolute atomic E-state index is 12.8. The molecule has 3 aromatic rings. The molecular weight excluding hydrogens is 326 g/mol. The second-order valence-corrected chi connectivity index (χ2v) is 7.02. The summed E-state index contributed by atoms with van der Waals surface area (Å²) in [6.07, 6.45) is 9.51. The Balaban J connectivity index is 1.62. The Morgan fingerprint density at radius 1 is 1.27 bits per heavy atom. The molecule has 1 saturated heterocycles. The van der Waals surface area contributed by atoms with Gasteiger partial charge in [-0.3, -0.25) is 9.78 Å². The van der Waals surface area contributed by atoms with Crippen LogP contribution in [0.3, 0.4) is 0 Å². The smallest absolute Gasteiger partial charge is 0.255 e. The minimum atomic E-state index is 0.0534. The summed E-state index contributed by atoms with van der Waals surface area (Å²) < 4.78 is 2.12. The van der Waals surface area contributed by atoms with Crippen LogP contribution in [0.2, 0.25) is 0 Å². The molecule has 0 saturated carbocycles. The van der Waals surface area contributed by atoms with Gasteiger partial charge in [-0.1, -0.05) is 0 Å². The Kier molecular flexibility index (Phi) is 4.32. The quantitative estimate of drug-likeness (QED) is 0.730. The number of amides is 1. The summed E-state index contributed by atoms with van der Waals surface area (Å²) in [6, 6.07) is 7.74. The number of anilines is 1. The van der Waals surface area contributed by atoms with Crippen molar-refractivity contribution in [3.63, 3.8) is 0 Å². The largest absolute Gasteiger partial charge is 0.361 e. The van der Waals surface area contributed by atoms with Crippen molar-refractivity contribution in [2.24, 2.45) is 0 Å². The van der Waals surface area contributed by atoms with Crippen molar-refractivity contribution in [2.75, 3.05) is 32.1 Å². The standard InChI is InChI=1S/C20H23N5O/c1-23(2)19-18-8-5-10-24(18)14-17(22-19)16-7-4-11-25(13-16)20(26)15-6-3-9-21-12-15/h3,5-6,8-10,12,14,16H,4,7,11,13H2,1-2H3/t16-/m0/s1. The van der Waals surface area contributed by atoms with Crippen LogP contribution in [-0.4, -0.2) is 52.4 Å². The number of aromatic nitrogens is 3. The van der Waals surface area contributed by atoms with Gasteiger partial charge in [-0.2, -0.15) is 0 Å². The zero-order chi connectivity index (χ0) is 18.1. The zero-order valence-corrected chi connectivity index (χ0v) is 15.2. The maximum Gasteiger partial charge on any atom is 0.255 e. The summed E-state index contributed by atoms with van der Waals surface area (Å²) in [7, 11) is 4.02. The molecule has 6 heteroatoms. The first kappa shape index (κ1) is 16.6. The molecule has 6 nitrogen and oxygen atoms in total. The van der Waals surface area contributed by atoms with Crippen LogP contribution in [0.5, 0.6) is 0 Å². The van der Waals surface area contributed by atoms with Crippen molar-refractivity contribution in [2.45, 2.75) is 18.8 Å². The lowest BCUT2D eigenvalue weighted by molar-refractivity contribution is 0.0705. The average molecular weight is 349 g/mol. The van der Waals surface area contributed by atoms with Crippen molar-refractivity contribution >= 4 is 17.2 Å². The number of carbonyl (C=O) groups excluding carboxylic acids is 1. The second kappa shape index (κ2) is 6.78. The summed E-state index contributed by atoms with van der Waals surface area (Å²) in [5.74, 6) is 1.26. The van der Waals surface area contributed by atoms with Gasteiger partial charge in [0.05, 0.1) is 16.8 Å². The van der Waals surface area contributed by atoms with E-state index in [1.165, 1.54) is 0 Å². The van der Waals surface area contributed by atoms with Crippen molar-refractivity contribution < 1.29 is 4.79 Å².